The van der Waals surface area contributed by atoms with Gasteiger partial charge in [-0.25, -0.2) is 0 Å². The highest BCUT2D eigenvalue weighted by Gasteiger charge is 2.56. The Bertz CT molecular complexity index is 769. The van der Waals surface area contributed by atoms with Crippen molar-refractivity contribution in [3.8, 4) is 0 Å². The average molecular weight is 358 g/mol. The molecule has 3 N–H and O–H groups in total. The lowest BCUT2D eigenvalue weighted by Crippen LogP contribution is -2.52. The van der Waals surface area contributed by atoms with Gasteiger partial charge in [-0.1, -0.05) is 38.3 Å². The van der Waals surface area contributed by atoms with Crippen LogP contribution in [0.5, 0.6) is 0 Å². The van der Waals surface area contributed by atoms with Gasteiger partial charge in [0.25, 0.3) is 0 Å². The van der Waals surface area contributed by atoms with Crippen molar-refractivity contribution in [3.05, 3.63) is 34.1 Å². The first-order valence-corrected chi connectivity index (χ1v) is 9.86. The van der Waals surface area contributed by atoms with Crippen molar-refractivity contribution in [1.29, 1.82) is 0 Å². The van der Waals surface area contributed by atoms with Gasteiger partial charge in [0, 0.05) is 17.6 Å². The highest BCUT2D eigenvalue weighted by molar-refractivity contribution is 6.06. The zero-order chi connectivity index (χ0) is 18.9. The Kier molecular flexibility index (Phi) is 3.85. The average Bonchev–Trinajstić information content (AvgIpc) is 2.56. The Morgan fingerprint density at radius 1 is 1.19 bits per heavy atom. The lowest BCUT2D eigenvalue weighted by atomic mass is 9.48. The summed E-state index contributed by atoms with van der Waals surface area (Å²) in [6.45, 7) is 6.64. The highest BCUT2D eigenvalue weighted by atomic mass is 16.3. The molecule has 3 atom stereocenters. The third-order valence-corrected chi connectivity index (χ3v) is 7.86. The van der Waals surface area contributed by atoms with Crippen molar-refractivity contribution in [2.24, 2.45) is 16.7 Å². The van der Waals surface area contributed by atoms with E-state index in [2.05, 4.69) is 20.8 Å². The second kappa shape index (κ2) is 5.56. The van der Waals surface area contributed by atoms with Crippen LogP contribution in [-0.4, -0.2) is 33.3 Å². The van der Waals surface area contributed by atoms with Crippen LogP contribution < -0.4 is 0 Å². The van der Waals surface area contributed by atoms with E-state index in [0.717, 1.165) is 19.3 Å². The van der Waals surface area contributed by atoms with Crippen molar-refractivity contribution in [2.45, 2.75) is 71.3 Å². The third kappa shape index (κ3) is 2.24. The van der Waals surface area contributed by atoms with Crippen molar-refractivity contribution in [2.75, 3.05) is 6.61 Å². The number of fused-ring (bicyclic) bond motifs is 3. The number of hydrogen-bond donors (Lipinski definition) is 3. The van der Waals surface area contributed by atoms with Gasteiger partial charge in [-0.05, 0) is 54.9 Å². The van der Waals surface area contributed by atoms with Crippen LogP contribution in [0.1, 0.15) is 65.7 Å². The molecule has 26 heavy (non-hydrogen) atoms. The monoisotopic (exact) mass is 358 g/mol. The van der Waals surface area contributed by atoms with Gasteiger partial charge in [0.2, 0.25) is 0 Å². The van der Waals surface area contributed by atoms with Crippen molar-refractivity contribution in [1.82, 2.24) is 0 Å². The van der Waals surface area contributed by atoms with Gasteiger partial charge in [-0.2, -0.15) is 0 Å². The fraction of sp³-hybridized carbons (Fsp3) is 0.682. The maximum atomic E-state index is 12.8. The molecule has 0 aromatic heterocycles. The fourth-order valence-electron chi connectivity index (χ4n) is 6.55. The smallest absolute Gasteiger partial charge is 0.197 e. The molecule has 0 heterocycles. The normalized spacial score (nSPS) is 39.2. The topological polar surface area (TPSA) is 77.8 Å². The number of ketones is 1. The summed E-state index contributed by atoms with van der Waals surface area (Å²) >= 11 is 0. The zero-order valence-corrected chi connectivity index (χ0v) is 16.1. The van der Waals surface area contributed by atoms with Crippen LogP contribution in [0.4, 0.5) is 0 Å². The maximum Gasteiger partial charge on any atom is 0.197 e. The molecule has 4 heteroatoms. The van der Waals surface area contributed by atoms with Crippen molar-refractivity contribution < 1.29 is 20.1 Å². The van der Waals surface area contributed by atoms with E-state index in [1.54, 1.807) is 0 Å². The van der Waals surface area contributed by atoms with Crippen LogP contribution in [0.3, 0.4) is 0 Å². The number of hydrogen-bond acceptors (Lipinski definition) is 4. The molecule has 0 aliphatic heterocycles. The van der Waals surface area contributed by atoms with Gasteiger partial charge in [0.15, 0.2) is 11.4 Å². The summed E-state index contributed by atoms with van der Waals surface area (Å²) in [6.07, 6.45) is 7.67. The summed E-state index contributed by atoms with van der Waals surface area (Å²) in [6, 6.07) is 0. The van der Waals surface area contributed by atoms with Crippen LogP contribution >= 0.6 is 0 Å². The summed E-state index contributed by atoms with van der Waals surface area (Å²) in [5.41, 5.74) is 1.77. The van der Waals surface area contributed by atoms with Crippen molar-refractivity contribution in [3.63, 3.8) is 0 Å². The Balaban J connectivity index is 1.82. The van der Waals surface area contributed by atoms with E-state index in [4.69, 9.17) is 0 Å². The first-order chi connectivity index (χ1) is 12.1. The molecule has 1 fully saturated rings. The molecule has 4 aliphatic carbocycles. The van der Waals surface area contributed by atoms with Gasteiger partial charge in [-0.3, -0.25) is 4.79 Å². The molecule has 0 saturated heterocycles. The van der Waals surface area contributed by atoms with Gasteiger partial charge in [-0.15, -0.1) is 0 Å². The van der Waals surface area contributed by atoms with Crippen LogP contribution in [0.2, 0.25) is 0 Å². The predicted octanol–water partition coefficient (Wildman–Crippen LogP) is 3.75. The van der Waals surface area contributed by atoms with E-state index in [1.165, 1.54) is 30.1 Å². The molecule has 0 spiro atoms. The van der Waals surface area contributed by atoms with Crippen LogP contribution in [0, 0.1) is 16.7 Å². The summed E-state index contributed by atoms with van der Waals surface area (Å²) < 4.78 is 0. The minimum absolute atomic E-state index is 0.0384. The van der Waals surface area contributed by atoms with Crippen LogP contribution in [0.15, 0.2) is 34.1 Å². The van der Waals surface area contributed by atoms with E-state index in [1.807, 2.05) is 0 Å². The predicted molar refractivity (Wildman–Crippen MR) is 99.5 cm³/mol. The van der Waals surface area contributed by atoms with E-state index in [-0.39, 0.29) is 23.2 Å². The number of aliphatic hydroxyl groups is 3. The summed E-state index contributed by atoms with van der Waals surface area (Å²) in [4.78, 5) is 12.8. The van der Waals surface area contributed by atoms with E-state index < -0.39 is 18.0 Å². The molecular weight excluding hydrogens is 328 g/mol. The summed E-state index contributed by atoms with van der Waals surface area (Å²) in [7, 11) is 0. The van der Waals surface area contributed by atoms with Crippen molar-refractivity contribution >= 4 is 5.78 Å². The molecule has 142 valence electrons. The molecule has 0 unspecified atom stereocenters. The SMILES string of the molecule is CC1(C)CCC[C@]2(C)C3=C(CC[C@@H]12)C[C@@]1(O)C(=O)C(CO)=CC(O)=C1C3. The first kappa shape index (κ1) is 18.0. The Labute approximate surface area is 155 Å². The molecule has 0 aromatic carbocycles. The minimum atomic E-state index is -1.68. The van der Waals surface area contributed by atoms with Gasteiger partial charge >= 0.3 is 0 Å². The highest BCUT2D eigenvalue weighted by Crippen LogP contribution is 2.63. The zero-order valence-electron chi connectivity index (χ0n) is 16.1. The van der Waals surface area contributed by atoms with Gasteiger partial charge in [0.05, 0.1) is 6.61 Å². The number of carbonyl (C=O) groups excluding carboxylic acids is 1. The number of aliphatic hydroxyl groups excluding tert-OH is 2. The molecule has 4 aliphatic rings. The number of rotatable bonds is 1. The lowest BCUT2D eigenvalue weighted by Gasteiger charge is -2.57. The minimum Gasteiger partial charge on any atom is -0.508 e. The number of carbonyl (C=O) groups is 1. The Morgan fingerprint density at radius 3 is 2.62 bits per heavy atom. The number of allylic oxidation sites excluding steroid dienone is 2. The van der Waals surface area contributed by atoms with Gasteiger partial charge < -0.3 is 15.3 Å². The molecule has 4 rings (SSSR count). The molecule has 0 radical (unpaired) electrons. The lowest BCUT2D eigenvalue weighted by molar-refractivity contribution is -0.131. The molecule has 0 aromatic rings. The Hall–Kier alpha value is -1.39. The summed E-state index contributed by atoms with van der Waals surface area (Å²) in [5, 5.41) is 31.1. The Morgan fingerprint density at radius 2 is 1.92 bits per heavy atom. The standard InChI is InChI=1S/C22H30O4/c1-20(2)7-4-8-21(3)15-10-16-17(24)9-14(12-23)19(25)22(16,26)11-13(15)5-6-18(20)21/h9,18,23-24,26H,4-8,10-12H2,1-3H3/t18-,21+,22-/m0/s1. The first-order valence-electron chi connectivity index (χ1n) is 9.86. The maximum absolute atomic E-state index is 12.8. The molecule has 4 nitrogen and oxygen atoms in total. The molecule has 0 amide bonds. The number of Topliss-reactive ketones (excluding diaryl/α,β-unsaturated/α-hetero) is 1. The molecular formula is C22H30O4. The summed E-state index contributed by atoms with van der Waals surface area (Å²) in [5.74, 6) is 0.110. The molecule has 0 bridgehead atoms. The van der Waals surface area contributed by atoms with E-state index in [9.17, 15) is 20.1 Å². The second-order valence-electron chi connectivity index (χ2n) is 9.67. The quantitative estimate of drug-likeness (QED) is 0.624. The van der Waals surface area contributed by atoms with Crippen LogP contribution in [-0.2, 0) is 4.79 Å². The second-order valence-corrected chi connectivity index (χ2v) is 9.67. The van der Waals surface area contributed by atoms with E-state index in [0.29, 0.717) is 23.3 Å². The van der Waals surface area contributed by atoms with Gasteiger partial charge in [0.1, 0.15) is 5.76 Å². The fourth-order valence-corrected chi connectivity index (χ4v) is 6.55. The largest absolute Gasteiger partial charge is 0.508 e. The van der Waals surface area contributed by atoms with Crippen LogP contribution in [0.25, 0.3) is 0 Å². The third-order valence-electron chi connectivity index (χ3n) is 7.86. The van der Waals surface area contributed by atoms with E-state index >= 15 is 0 Å². The molecule has 1 saturated carbocycles.